The van der Waals surface area contributed by atoms with Crippen LogP contribution in [-0.4, -0.2) is 25.2 Å². The van der Waals surface area contributed by atoms with Gasteiger partial charge in [-0.3, -0.25) is 4.79 Å². The molecule has 23 heavy (non-hydrogen) atoms. The molecule has 0 bridgehead atoms. The molecule has 1 heterocycles. The summed E-state index contributed by atoms with van der Waals surface area (Å²) in [5, 5.41) is 12.3. The van der Waals surface area contributed by atoms with Crippen LogP contribution in [-0.2, 0) is 17.8 Å². The van der Waals surface area contributed by atoms with Crippen LogP contribution in [0.4, 0.5) is 4.39 Å². The van der Waals surface area contributed by atoms with Gasteiger partial charge in [-0.15, -0.1) is 0 Å². The van der Waals surface area contributed by atoms with Crippen molar-refractivity contribution in [2.75, 3.05) is 7.11 Å². The van der Waals surface area contributed by atoms with E-state index < -0.39 is 18.8 Å². The molecule has 7 heteroatoms. The minimum Gasteiger partial charge on any atom is -0.497 e. The van der Waals surface area contributed by atoms with Gasteiger partial charge in [-0.25, -0.2) is 4.39 Å². The summed E-state index contributed by atoms with van der Waals surface area (Å²) in [6.07, 6.45) is 0. The van der Waals surface area contributed by atoms with E-state index in [1.807, 2.05) is 12.1 Å². The van der Waals surface area contributed by atoms with E-state index in [4.69, 9.17) is 9.39 Å². The lowest BCUT2D eigenvalue weighted by Gasteiger charge is -2.09. The minimum atomic E-state index is -1.11. The summed E-state index contributed by atoms with van der Waals surface area (Å²) in [4.78, 5) is 12.2. The number of benzene rings is 2. The molecule has 0 saturated heterocycles. The molecule has 3 rings (SSSR count). The Kier molecular flexibility index (Phi) is 4.32. The van der Waals surface area contributed by atoms with Crippen molar-refractivity contribution < 1.29 is 23.6 Å². The SMILES string of the molecule is COc1ccc(CNC(=O)c2cc3c(cc2F)COB3O)cc1. The first-order chi connectivity index (χ1) is 11.1. The number of halogens is 1. The van der Waals surface area contributed by atoms with Crippen LogP contribution < -0.4 is 15.5 Å². The zero-order valence-electron chi connectivity index (χ0n) is 12.5. The predicted octanol–water partition coefficient (Wildman–Crippen LogP) is 0.982. The van der Waals surface area contributed by atoms with Crippen LogP contribution in [0, 0.1) is 5.82 Å². The first-order valence-corrected chi connectivity index (χ1v) is 7.11. The lowest BCUT2D eigenvalue weighted by atomic mass is 9.78. The molecule has 2 aromatic rings. The number of carbonyl (C=O) groups is 1. The third-order valence-corrected chi connectivity index (χ3v) is 3.75. The van der Waals surface area contributed by atoms with E-state index >= 15 is 0 Å². The van der Waals surface area contributed by atoms with Gasteiger partial charge >= 0.3 is 7.12 Å². The molecule has 1 aliphatic heterocycles. The smallest absolute Gasteiger partial charge is 0.491 e. The van der Waals surface area contributed by atoms with E-state index in [1.54, 1.807) is 19.2 Å². The average Bonchev–Trinajstić information content (AvgIpc) is 2.92. The second-order valence-corrected chi connectivity index (χ2v) is 5.22. The van der Waals surface area contributed by atoms with Crippen LogP contribution in [0.15, 0.2) is 36.4 Å². The molecule has 0 atom stereocenters. The monoisotopic (exact) mass is 315 g/mol. The van der Waals surface area contributed by atoms with Gasteiger partial charge < -0.3 is 19.7 Å². The molecule has 118 valence electrons. The Morgan fingerprint density at radius 2 is 2.13 bits per heavy atom. The van der Waals surface area contributed by atoms with E-state index in [9.17, 15) is 14.2 Å². The fraction of sp³-hybridized carbons (Fsp3) is 0.188. The van der Waals surface area contributed by atoms with Crippen LogP contribution in [0.2, 0.25) is 0 Å². The second kappa shape index (κ2) is 6.40. The molecule has 0 saturated carbocycles. The number of nitrogens with one attached hydrogen (secondary N) is 1. The number of carbonyl (C=O) groups excluding carboxylic acids is 1. The van der Waals surface area contributed by atoms with Gasteiger partial charge in [-0.05, 0) is 40.9 Å². The number of rotatable bonds is 4. The Morgan fingerprint density at radius 1 is 1.39 bits per heavy atom. The van der Waals surface area contributed by atoms with E-state index in [2.05, 4.69) is 5.32 Å². The van der Waals surface area contributed by atoms with Crippen LogP contribution >= 0.6 is 0 Å². The van der Waals surface area contributed by atoms with Gasteiger partial charge in [0.05, 0.1) is 19.3 Å². The highest BCUT2D eigenvalue weighted by molar-refractivity contribution is 6.61. The van der Waals surface area contributed by atoms with Crippen LogP contribution in [0.5, 0.6) is 5.75 Å². The zero-order chi connectivity index (χ0) is 16.4. The maximum atomic E-state index is 14.0. The molecule has 2 aromatic carbocycles. The first-order valence-electron chi connectivity index (χ1n) is 7.11. The Hall–Kier alpha value is -2.38. The lowest BCUT2D eigenvalue weighted by Crippen LogP contribution is -2.31. The molecule has 0 fully saturated rings. The maximum absolute atomic E-state index is 14.0. The van der Waals surface area contributed by atoms with E-state index in [0.717, 1.165) is 11.3 Å². The predicted molar refractivity (Wildman–Crippen MR) is 83.0 cm³/mol. The third-order valence-electron chi connectivity index (χ3n) is 3.75. The van der Waals surface area contributed by atoms with Gasteiger partial charge in [0.2, 0.25) is 0 Å². The zero-order valence-corrected chi connectivity index (χ0v) is 12.5. The number of ether oxygens (including phenoxy) is 1. The van der Waals surface area contributed by atoms with Crippen molar-refractivity contribution in [1.29, 1.82) is 0 Å². The Labute approximate surface area is 133 Å². The summed E-state index contributed by atoms with van der Waals surface area (Å²) in [7, 11) is 0.463. The summed E-state index contributed by atoms with van der Waals surface area (Å²) in [5.74, 6) is -0.451. The van der Waals surface area contributed by atoms with Crippen molar-refractivity contribution in [2.45, 2.75) is 13.2 Å². The number of hydrogen-bond donors (Lipinski definition) is 2. The fourth-order valence-corrected chi connectivity index (χ4v) is 2.44. The number of methoxy groups -OCH3 is 1. The molecule has 1 amide bonds. The van der Waals surface area contributed by atoms with Crippen molar-refractivity contribution in [2.24, 2.45) is 0 Å². The van der Waals surface area contributed by atoms with Crippen molar-refractivity contribution in [1.82, 2.24) is 5.32 Å². The summed E-state index contributed by atoms with van der Waals surface area (Å²) >= 11 is 0. The Bertz CT molecular complexity index is 736. The fourth-order valence-electron chi connectivity index (χ4n) is 2.44. The van der Waals surface area contributed by atoms with Crippen molar-refractivity contribution >= 4 is 18.5 Å². The molecule has 0 radical (unpaired) electrons. The van der Waals surface area contributed by atoms with Crippen LogP contribution in [0.25, 0.3) is 0 Å². The molecule has 0 aromatic heterocycles. The Balaban J connectivity index is 1.72. The topological polar surface area (TPSA) is 67.8 Å². The van der Waals surface area contributed by atoms with Crippen molar-refractivity contribution in [3.05, 3.63) is 58.9 Å². The number of hydrogen-bond acceptors (Lipinski definition) is 4. The van der Waals surface area contributed by atoms with Gasteiger partial charge in [0.1, 0.15) is 11.6 Å². The summed E-state index contributed by atoms with van der Waals surface area (Å²) in [5.41, 5.74) is 1.74. The minimum absolute atomic E-state index is 0.109. The number of fused-ring (bicyclic) bond motifs is 1. The van der Waals surface area contributed by atoms with Gasteiger partial charge in [0.15, 0.2) is 0 Å². The van der Waals surface area contributed by atoms with Crippen LogP contribution in [0.1, 0.15) is 21.5 Å². The quantitative estimate of drug-likeness (QED) is 0.826. The highest BCUT2D eigenvalue weighted by atomic mass is 19.1. The average molecular weight is 315 g/mol. The maximum Gasteiger partial charge on any atom is 0.491 e. The van der Waals surface area contributed by atoms with Crippen molar-refractivity contribution in [3.63, 3.8) is 0 Å². The highest BCUT2D eigenvalue weighted by Gasteiger charge is 2.29. The molecule has 1 aliphatic rings. The second-order valence-electron chi connectivity index (χ2n) is 5.22. The van der Waals surface area contributed by atoms with Gasteiger partial charge in [-0.2, -0.15) is 0 Å². The Morgan fingerprint density at radius 3 is 2.83 bits per heavy atom. The molecular formula is C16H15BFNO4. The molecule has 5 nitrogen and oxygen atoms in total. The molecule has 0 aliphatic carbocycles. The van der Waals surface area contributed by atoms with E-state index in [1.165, 1.54) is 12.1 Å². The molecule has 0 spiro atoms. The summed E-state index contributed by atoms with van der Waals surface area (Å²) in [6.45, 7) is 0.402. The summed E-state index contributed by atoms with van der Waals surface area (Å²) in [6, 6.07) is 9.77. The third kappa shape index (κ3) is 3.20. The first kappa shape index (κ1) is 15.5. The molecular weight excluding hydrogens is 300 g/mol. The molecule has 2 N–H and O–H groups in total. The highest BCUT2D eigenvalue weighted by Crippen LogP contribution is 2.16. The van der Waals surface area contributed by atoms with Gasteiger partial charge in [0.25, 0.3) is 5.91 Å². The van der Waals surface area contributed by atoms with E-state index in [0.29, 0.717) is 11.0 Å². The van der Waals surface area contributed by atoms with E-state index in [-0.39, 0.29) is 18.7 Å². The van der Waals surface area contributed by atoms with Crippen LogP contribution in [0.3, 0.4) is 0 Å². The standard InChI is InChI=1S/C16H15BFNO4/c1-22-12-4-2-10(3-5-12)8-19-16(20)13-7-14-11(6-15(13)18)9-23-17(14)21/h2-7,21H,8-9H2,1H3,(H,19,20). The normalized spacial score (nSPS) is 12.9. The number of amides is 1. The largest absolute Gasteiger partial charge is 0.497 e. The van der Waals surface area contributed by atoms with Gasteiger partial charge in [-0.1, -0.05) is 12.1 Å². The van der Waals surface area contributed by atoms with Crippen molar-refractivity contribution in [3.8, 4) is 5.75 Å². The van der Waals surface area contributed by atoms with Gasteiger partial charge in [0, 0.05) is 6.54 Å². The summed E-state index contributed by atoms with van der Waals surface area (Å²) < 4.78 is 24.1. The molecule has 0 unspecified atom stereocenters. The lowest BCUT2D eigenvalue weighted by molar-refractivity contribution is 0.0947.